The molecule has 1 fully saturated rings. The van der Waals surface area contributed by atoms with E-state index in [0.717, 1.165) is 61.8 Å². The molecule has 0 aromatic carbocycles. The van der Waals surface area contributed by atoms with Crippen molar-refractivity contribution in [1.82, 2.24) is 24.8 Å². The van der Waals surface area contributed by atoms with E-state index in [0.29, 0.717) is 18.5 Å². The Balaban J connectivity index is 1.43. The molecule has 0 radical (unpaired) electrons. The highest BCUT2D eigenvalue weighted by Crippen LogP contribution is 2.26. The van der Waals surface area contributed by atoms with E-state index in [4.69, 9.17) is 14.5 Å². The van der Waals surface area contributed by atoms with E-state index in [9.17, 15) is 4.79 Å². The molecule has 8 heteroatoms. The summed E-state index contributed by atoms with van der Waals surface area (Å²) in [6, 6.07) is 4.17. The zero-order valence-electron chi connectivity index (χ0n) is 15.8. The van der Waals surface area contributed by atoms with Gasteiger partial charge in [0.05, 0.1) is 25.1 Å². The zero-order chi connectivity index (χ0) is 18.8. The number of aromatic nitrogens is 3. The van der Waals surface area contributed by atoms with Crippen LogP contribution in [0.1, 0.15) is 24.7 Å². The summed E-state index contributed by atoms with van der Waals surface area (Å²) in [6.45, 7) is 5.54. The van der Waals surface area contributed by atoms with E-state index in [1.54, 1.807) is 13.3 Å². The normalized spacial score (nSPS) is 19.8. The summed E-state index contributed by atoms with van der Waals surface area (Å²) in [6.07, 6.45) is 3.46. The van der Waals surface area contributed by atoms with Gasteiger partial charge in [0.15, 0.2) is 0 Å². The van der Waals surface area contributed by atoms with Crippen LogP contribution in [0.4, 0.5) is 4.79 Å². The lowest BCUT2D eigenvalue weighted by atomic mass is 10.1. The Morgan fingerprint density at radius 2 is 2.26 bits per heavy atom. The van der Waals surface area contributed by atoms with Crippen LogP contribution in [0.5, 0.6) is 5.88 Å². The Morgan fingerprint density at radius 3 is 3.00 bits per heavy atom. The van der Waals surface area contributed by atoms with Crippen molar-refractivity contribution in [3.05, 3.63) is 29.7 Å². The van der Waals surface area contributed by atoms with Crippen LogP contribution >= 0.6 is 0 Å². The molecule has 0 bridgehead atoms. The SMILES string of the molecule is CCOC(=O)N1CC[C@H](N2CCc3nc(-c4ccc(OC)nc4)[nH]c3C2)C1. The van der Waals surface area contributed by atoms with Gasteiger partial charge in [0.25, 0.3) is 0 Å². The lowest BCUT2D eigenvalue weighted by Gasteiger charge is -2.31. The lowest BCUT2D eigenvalue weighted by Crippen LogP contribution is -2.41. The van der Waals surface area contributed by atoms with Gasteiger partial charge in [-0.25, -0.2) is 14.8 Å². The molecule has 144 valence electrons. The van der Waals surface area contributed by atoms with Crippen molar-refractivity contribution in [2.45, 2.75) is 32.4 Å². The summed E-state index contributed by atoms with van der Waals surface area (Å²) >= 11 is 0. The van der Waals surface area contributed by atoms with Gasteiger partial charge in [-0.15, -0.1) is 0 Å². The fourth-order valence-electron chi connectivity index (χ4n) is 3.82. The van der Waals surface area contributed by atoms with Crippen molar-refractivity contribution < 1.29 is 14.3 Å². The molecule has 2 aromatic rings. The van der Waals surface area contributed by atoms with Crippen LogP contribution < -0.4 is 4.74 Å². The van der Waals surface area contributed by atoms with Gasteiger partial charge in [-0.05, 0) is 19.4 Å². The number of H-pyrrole nitrogens is 1. The molecular formula is C19H25N5O3. The number of nitrogens with one attached hydrogen (secondary N) is 1. The van der Waals surface area contributed by atoms with Gasteiger partial charge < -0.3 is 19.4 Å². The maximum absolute atomic E-state index is 11.9. The third-order valence-corrected chi connectivity index (χ3v) is 5.29. The molecule has 1 atom stereocenters. The summed E-state index contributed by atoms with van der Waals surface area (Å²) in [5, 5.41) is 0. The lowest BCUT2D eigenvalue weighted by molar-refractivity contribution is 0.109. The van der Waals surface area contributed by atoms with Gasteiger partial charge >= 0.3 is 6.09 Å². The average Bonchev–Trinajstić information content (AvgIpc) is 3.35. The Hall–Kier alpha value is -2.61. The number of ether oxygens (including phenoxy) is 2. The smallest absolute Gasteiger partial charge is 0.409 e. The van der Waals surface area contributed by atoms with Gasteiger partial charge in [-0.1, -0.05) is 0 Å². The highest BCUT2D eigenvalue weighted by atomic mass is 16.6. The predicted molar refractivity (Wildman–Crippen MR) is 99.5 cm³/mol. The third kappa shape index (κ3) is 3.62. The number of fused-ring (bicyclic) bond motifs is 1. The predicted octanol–water partition coefficient (Wildman–Crippen LogP) is 2.07. The number of likely N-dealkylation sites (tertiary alicyclic amines) is 1. The molecule has 27 heavy (non-hydrogen) atoms. The molecule has 0 spiro atoms. The molecule has 1 saturated heterocycles. The Morgan fingerprint density at radius 1 is 1.37 bits per heavy atom. The molecule has 2 aliphatic heterocycles. The molecule has 4 heterocycles. The Bertz CT molecular complexity index is 804. The van der Waals surface area contributed by atoms with Crippen molar-refractivity contribution >= 4 is 6.09 Å². The minimum Gasteiger partial charge on any atom is -0.481 e. The second kappa shape index (κ2) is 7.56. The number of hydrogen-bond acceptors (Lipinski definition) is 6. The number of methoxy groups -OCH3 is 1. The molecule has 2 aliphatic rings. The number of nitrogens with zero attached hydrogens (tertiary/aromatic N) is 4. The van der Waals surface area contributed by atoms with Crippen molar-refractivity contribution in [1.29, 1.82) is 0 Å². The van der Waals surface area contributed by atoms with Gasteiger partial charge in [0.2, 0.25) is 5.88 Å². The van der Waals surface area contributed by atoms with Crippen LogP contribution in [-0.4, -0.2) is 70.2 Å². The molecule has 0 aliphatic carbocycles. The number of hydrogen-bond donors (Lipinski definition) is 1. The number of pyridine rings is 1. The van der Waals surface area contributed by atoms with Crippen LogP contribution in [0, 0.1) is 0 Å². The number of imidazole rings is 1. The molecular weight excluding hydrogens is 346 g/mol. The van der Waals surface area contributed by atoms with E-state index in [1.807, 2.05) is 24.0 Å². The molecule has 1 N–H and O–H groups in total. The molecule has 2 aromatic heterocycles. The van der Waals surface area contributed by atoms with E-state index < -0.39 is 0 Å². The van der Waals surface area contributed by atoms with Crippen LogP contribution in [0.3, 0.4) is 0 Å². The maximum atomic E-state index is 11.9. The summed E-state index contributed by atoms with van der Waals surface area (Å²) < 4.78 is 10.2. The molecule has 8 nitrogen and oxygen atoms in total. The van der Waals surface area contributed by atoms with Crippen molar-refractivity contribution in [3.63, 3.8) is 0 Å². The number of rotatable bonds is 4. The quantitative estimate of drug-likeness (QED) is 0.886. The van der Waals surface area contributed by atoms with Gasteiger partial charge in [-0.3, -0.25) is 4.90 Å². The van der Waals surface area contributed by atoms with Gasteiger partial charge in [0, 0.05) is 56.5 Å². The van der Waals surface area contributed by atoms with Crippen LogP contribution in [0.2, 0.25) is 0 Å². The Labute approximate surface area is 158 Å². The van der Waals surface area contributed by atoms with E-state index in [1.165, 1.54) is 0 Å². The van der Waals surface area contributed by atoms with Crippen LogP contribution in [-0.2, 0) is 17.7 Å². The second-order valence-electron chi connectivity index (χ2n) is 6.91. The third-order valence-electron chi connectivity index (χ3n) is 5.29. The first kappa shape index (κ1) is 17.8. The molecule has 0 unspecified atom stereocenters. The Kier molecular flexibility index (Phi) is 4.98. The highest BCUT2D eigenvalue weighted by molar-refractivity contribution is 5.68. The van der Waals surface area contributed by atoms with E-state index in [2.05, 4.69) is 14.9 Å². The molecule has 4 rings (SSSR count). The minimum atomic E-state index is -0.200. The topological polar surface area (TPSA) is 83.6 Å². The summed E-state index contributed by atoms with van der Waals surface area (Å²) in [5.41, 5.74) is 3.23. The number of aromatic amines is 1. The van der Waals surface area contributed by atoms with E-state index in [-0.39, 0.29) is 6.09 Å². The van der Waals surface area contributed by atoms with E-state index >= 15 is 0 Å². The average molecular weight is 371 g/mol. The monoisotopic (exact) mass is 371 g/mol. The van der Waals surface area contributed by atoms with Crippen molar-refractivity contribution in [2.75, 3.05) is 33.4 Å². The second-order valence-corrected chi connectivity index (χ2v) is 6.91. The largest absolute Gasteiger partial charge is 0.481 e. The molecule has 1 amide bonds. The van der Waals surface area contributed by atoms with Gasteiger partial charge in [0.1, 0.15) is 5.82 Å². The molecule has 0 saturated carbocycles. The fourth-order valence-corrected chi connectivity index (χ4v) is 3.82. The summed E-state index contributed by atoms with van der Waals surface area (Å²) in [4.78, 5) is 28.7. The number of carbonyl (C=O) groups excluding carboxylic acids is 1. The first-order chi connectivity index (χ1) is 13.2. The number of carbonyl (C=O) groups is 1. The van der Waals surface area contributed by atoms with Crippen LogP contribution in [0.25, 0.3) is 11.4 Å². The fraction of sp³-hybridized carbons (Fsp3) is 0.526. The van der Waals surface area contributed by atoms with Gasteiger partial charge in [-0.2, -0.15) is 0 Å². The first-order valence-corrected chi connectivity index (χ1v) is 9.42. The summed E-state index contributed by atoms with van der Waals surface area (Å²) in [5.74, 6) is 1.44. The van der Waals surface area contributed by atoms with Crippen molar-refractivity contribution in [3.8, 4) is 17.3 Å². The standard InChI is InChI=1S/C19H25N5O3/c1-3-27-19(25)24-8-6-14(11-24)23-9-7-15-16(12-23)22-18(21-15)13-4-5-17(26-2)20-10-13/h4-5,10,14H,3,6-9,11-12H2,1-2H3,(H,21,22)/t14-/m0/s1. The number of amides is 1. The first-order valence-electron chi connectivity index (χ1n) is 9.42. The van der Waals surface area contributed by atoms with Crippen LogP contribution in [0.15, 0.2) is 18.3 Å². The maximum Gasteiger partial charge on any atom is 0.409 e. The van der Waals surface area contributed by atoms with Crippen molar-refractivity contribution in [2.24, 2.45) is 0 Å². The summed E-state index contributed by atoms with van der Waals surface area (Å²) in [7, 11) is 1.61. The zero-order valence-corrected chi connectivity index (χ0v) is 15.8. The minimum absolute atomic E-state index is 0.200. The highest BCUT2D eigenvalue weighted by Gasteiger charge is 2.33.